The summed E-state index contributed by atoms with van der Waals surface area (Å²) >= 11 is 6.10. The summed E-state index contributed by atoms with van der Waals surface area (Å²) in [7, 11) is 1.86. The maximum absolute atomic E-state index is 11.6. The molecule has 152 valence electrons. The summed E-state index contributed by atoms with van der Waals surface area (Å²) in [6.45, 7) is 0.818. The van der Waals surface area contributed by atoms with Gasteiger partial charge in [-0.1, -0.05) is 28.9 Å². The third-order valence-corrected chi connectivity index (χ3v) is 5.48. The smallest absolute Gasteiger partial charge is 0.251 e. The first-order chi connectivity index (χ1) is 14.6. The molecular weight excluding hydrogens is 406 g/mol. The molecule has 1 saturated heterocycles. The van der Waals surface area contributed by atoms with Crippen LogP contribution in [0.15, 0.2) is 52.0 Å². The minimum atomic E-state index is -0.236. The molecule has 3 aromatic heterocycles. The molecule has 0 aliphatic carbocycles. The molecule has 4 heterocycles. The first kappa shape index (κ1) is 18.6. The number of nitrogens with one attached hydrogen (secondary N) is 1. The molecule has 1 aromatic carbocycles. The Morgan fingerprint density at radius 3 is 2.97 bits per heavy atom. The van der Waals surface area contributed by atoms with Crippen LogP contribution in [-0.2, 0) is 7.05 Å². The Labute approximate surface area is 176 Å². The minimum absolute atomic E-state index is 0.0181. The van der Waals surface area contributed by atoms with E-state index in [1.54, 1.807) is 0 Å². The van der Waals surface area contributed by atoms with Crippen LogP contribution >= 0.6 is 11.6 Å². The third-order valence-electron chi connectivity index (χ3n) is 5.25. The first-order valence-electron chi connectivity index (χ1n) is 9.54. The molecule has 0 spiro atoms. The normalized spacial score (nSPS) is 16.3. The zero-order valence-corrected chi connectivity index (χ0v) is 16.9. The van der Waals surface area contributed by atoms with Crippen LogP contribution in [0.25, 0.3) is 22.8 Å². The van der Waals surface area contributed by atoms with Crippen LogP contribution in [0.3, 0.4) is 0 Å². The van der Waals surface area contributed by atoms with E-state index in [2.05, 4.69) is 30.2 Å². The fourth-order valence-electron chi connectivity index (χ4n) is 3.82. The van der Waals surface area contributed by atoms with Crippen LogP contribution < -0.4 is 10.5 Å². The van der Waals surface area contributed by atoms with Gasteiger partial charge in [0.1, 0.15) is 11.4 Å². The summed E-state index contributed by atoms with van der Waals surface area (Å²) in [4.78, 5) is 20.5. The van der Waals surface area contributed by atoms with Gasteiger partial charge in [-0.15, -0.1) is 10.2 Å². The van der Waals surface area contributed by atoms with Gasteiger partial charge in [0.2, 0.25) is 5.95 Å². The van der Waals surface area contributed by atoms with Crippen LogP contribution in [0, 0.1) is 0 Å². The summed E-state index contributed by atoms with van der Waals surface area (Å²) < 4.78 is 7.44. The van der Waals surface area contributed by atoms with Crippen LogP contribution in [0.1, 0.15) is 24.6 Å². The average Bonchev–Trinajstić information content (AvgIpc) is 3.47. The van der Waals surface area contributed by atoms with Crippen molar-refractivity contribution in [3.8, 4) is 22.8 Å². The van der Waals surface area contributed by atoms with Crippen LogP contribution in [0.5, 0.6) is 0 Å². The largest absolute Gasteiger partial charge is 0.356 e. The molecule has 10 heteroatoms. The number of aromatic nitrogens is 6. The Hall–Kier alpha value is -3.46. The second-order valence-corrected chi connectivity index (χ2v) is 7.59. The quantitative estimate of drug-likeness (QED) is 0.537. The van der Waals surface area contributed by atoms with Gasteiger partial charge < -0.3 is 14.4 Å². The minimum Gasteiger partial charge on any atom is -0.356 e. The lowest BCUT2D eigenvalue weighted by Gasteiger charge is -2.23. The first-order valence-corrected chi connectivity index (χ1v) is 9.91. The number of benzene rings is 1. The number of anilines is 1. The van der Waals surface area contributed by atoms with E-state index < -0.39 is 0 Å². The average molecular weight is 424 g/mol. The molecule has 0 bridgehead atoms. The monoisotopic (exact) mass is 423 g/mol. The molecule has 30 heavy (non-hydrogen) atoms. The summed E-state index contributed by atoms with van der Waals surface area (Å²) in [5.41, 5.74) is 1.95. The predicted octanol–water partition coefficient (Wildman–Crippen LogP) is 3.22. The van der Waals surface area contributed by atoms with Gasteiger partial charge >= 0.3 is 0 Å². The molecule has 1 aliphatic rings. The fourth-order valence-corrected chi connectivity index (χ4v) is 4.01. The van der Waals surface area contributed by atoms with Crippen molar-refractivity contribution in [3.63, 3.8) is 0 Å². The van der Waals surface area contributed by atoms with E-state index in [1.807, 2.05) is 41.9 Å². The van der Waals surface area contributed by atoms with Crippen molar-refractivity contribution in [2.24, 2.45) is 7.05 Å². The van der Waals surface area contributed by atoms with Gasteiger partial charge in [-0.05, 0) is 25.0 Å². The van der Waals surface area contributed by atoms with Gasteiger partial charge in [0.15, 0.2) is 11.6 Å². The van der Waals surface area contributed by atoms with Crippen molar-refractivity contribution in [2.45, 2.75) is 18.9 Å². The van der Waals surface area contributed by atoms with Crippen molar-refractivity contribution in [2.75, 3.05) is 11.4 Å². The van der Waals surface area contributed by atoms with Gasteiger partial charge in [-0.3, -0.25) is 9.36 Å². The van der Waals surface area contributed by atoms with Crippen molar-refractivity contribution < 1.29 is 4.52 Å². The van der Waals surface area contributed by atoms with Crippen LogP contribution in [0.4, 0.5) is 5.95 Å². The highest BCUT2D eigenvalue weighted by Gasteiger charge is 2.32. The van der Waals surface area contributed by atoms with Crippen molar-refractivity contribution in [1.82, 2.24) is 29.9 Å². The zero-order chi connectivity index (χ0) is 20.7. The Bertz CT molecular complexity index is 1260. The summed E-state index contributed by atoms with van der Waals surface area (Å²) in [6, 6.07) is 10.9. The Morgan fingerprint density at radius 1 is 1.23 bits per heavy atom. The molecule has 5 rings (SSSR count). The summed E-state index contributed by atoms with van der Waals surface area (Å²) in [5, 5.41) is 13.6. The number of hydrogen-bond acceptors (Lipinski definition) is 7. The molecule has 0 saturated carbocycles. The highest BCUT2D eigenvalue weighted by atomic mass is 35.5. The number of hydrogen-bond donors (Lipinski definition) is 1. The standard InChI is InChI=1S/C20H18ClN7O2/c1-27-19(15-10-18(29)23-11-22-15)24-25-20(27)28-7-3-6-16(28)14-9-17(30-26-14)12-4-2-5-13(21)8-12/h2,4-5,8-11,16H,3,6-7H2,1H3,(H,22,23,29). The van der Waals surface area contributed by atoms with E-state index in [4.69, 9.17) is 16.1 Å². The maximum Gasteiger partial charge on any atom is 0.251 e. The molecule has 1 atom stereocenters. The van der Waals surface area contributed by atoms with Gasteiger partial charge in [0, 0.05) is 36.3 Å². The van der Waals surface area contributed by atoms with Crippen LogP contribution in [0.2, 0.25) is 5.02 Å². The van der Waals surface area contributed by atoms with E-state index in [1.165, 1.54) is 12.4 Å². The van der Waals surface area contributed by atoms with Crippen molar-refractivity contribution in [1.29, 1.82) is 0 Å². The Balaban J connectivity index is 1.46. The maximum atomic E-state index is 11.6. The molecule has 1 aliphatic heterocycles. The number of halogens is 1. The predicted molar refractivity (Wildman–Crippen MR) is 111 cm³/mol. The number of H-pyrrole nitrogens is 1. The molecule has 9 nitrogen and oxygen atoms in total. The second-order valence-electron chi connectivity index (χ2n) is 7.16. The van der Waals surface area contributed by atoms with Gasteiger partial charge in [-0.25, -0.2) is 4.98 Å². The topological polar surface area (TPSA) is 106 Å². The van der Waals surface area contributed by atoms with Crippen LogP contribution in [-0.4, -0.2) is 36.4 Å². The molecule has 0 radical (unpaired) electrons. The van der Waals surface area contributed by atoms with E-state index >= 15 is 0 Å². The van der Waals surface area contributed by atoms with Gasteiger partial charge in [-0.2, -0.15) is 0 Å². The van der Waals surface area contributed by atoms with Gasteiger partial charge in [0.25, 0.3) is 5.56 Å². The Morgan fingerprint density at radius 2 is 2.13 bits per heavy atom. The lowest BCUT2D eigenvalue weighted by Crippen LogP contribution is -2.25. The van der Waals surface area contributed by atoms with E-state index in [0.717, 1.165) is 30.6 Å². The van der Waals surface area contributed by atoms with Crippen molar-refractivity contribution >= 4 is 17.5 Å². The number of aromatic amines is 1. The highest BCUT2D eigenvalue weighted by Crippen LogP contribution is 2.37. The van der Waals surface area contributed by atoms with E-state index in [0.29, 0.717) is 28.2 Å². The highest BCUT2D eigenvalue weighted by molar-refractivity contribution is 6.30. The summed E-state index contributed by atoms with van der Waals surface area (Å²) in [5.74, 6) is 1.90. The molecule has 1 N–H and O–H groups in total. The SMILES string of the molecule is Cn1c(-c2cc(=O)[nH]cn2)nnc1N1CCCC1c1cc(-c2cccc(Cl)c2)on1. The lowest BCUT2D eigenvalue weighted by atomic mass is 10.1. The summed E-state index contributed by atoms with van der Waals surface area (Å²) in [6.07, 6.45) is 3.28. The fraction of sp³-hybridized carbons (Fsp3) is 0.250. The third kappa shape index (κ3) is 3.26. The second kappa shape index (κ2) is 7.42. The van der Waals surface area contributed by atoms with Crippen molar-refractivity contribution in [3.05, 3.63) is 63.8 Å². The molecule has 0 amide bonds. The van der Waals surface area contributed by atoms with E-state index in [9.17, 15) is 4.79 Å². The van der Waals surface area contributed by atoms with E-state index in [-0.39, 0.29) is 11.6 Å². The number of nitrogens with zero attached hydrogens (tertiary/aromatic N) is 6. The molecular formula is C20H18ClN7O2. The number of rotatable bonds is 4. The Kier molecular flexibility index (Phi) is 4.59. The molecule has 1 fully saturated rings. The lowest BCUT2D eigenvalue weighted by molar-refractivity contribution is 0.416. The zero-order valence-electron chi connectivity index (χ0n) is 16.1. The molecule has 4 aromatic rings. The molecule has 1 unspecified atom stereocenters. The van der Waals surface area contributed by atoms with Gasteiger partial charge in [0.05, 0.1) is 12.4 Å².